The lowest BCUT2D eigenvalue weighted by Gasteiger charge is -1.82. The van der Waals surface area contributed by atoms with Crippen LogP contribution >= 0.6 is 0 Å². The number of aryl methyl sites for hydroxylation is 1. The lowest BCUT2D eigenvalue weighted by atomic mass is 10.2. The van der Waals surface area contributed by atoms with Crippen molar-refractivity contribution >= 4 is 0 Å². The molecule has 0 unspecified atom stereocenters. The van der Waals surface area contributed by atoms with Crippen LogP contribution in [0.2, 0.25) is 0 Å². The Balaban J connectivity index is 0.000000291. The topological polar surface area (TPSA) is 47.6 Å². The molecule has 0 atom stereocenters. The molecule has 0 saturated carbocycles. The van der Waals surface area contributed by atoms with Crippen LogP contribution in [0.4, 0.5) is 0 Å². The zero-order chi connectivity index (χ0) is 7.11. The van der Waals surface area contributed by atoms with Gasteiger partial charge in [0.15, 0.2) is 0 Å². The first kappa shape index (κ1) is 7.64. The van der Waals surface area contributed by atoms with Crippen LogP contribution in [0.1, 0.15) is 5.56 Å². The van der Waals surface area contributed by atoms with Gasteiger partial charge in [0.2, 0.25) is 0 Å². The average molecular weight is 120 g/mol. The first-order chi connectivity index (χ1) is 4.39. The molecular weight excluding hydrogens is 112 g/mol. The second kappa shape index (κ2) is 4.79. The number of rotatable bonds is 0. The largest absolute Gasteiger partial charge is 0.0622 e. The van der Waals surface area contributed by atoms with Gasteiger partial charge in [-0.1, -0.05) is 35.9 Å². The minimum absolute atomic E-state index is 1.32. The summed E-state index contributed by atoms with van der Waals surface area (Å²) < 4.78 is 0. The SMILES string of the molecule is Cc1ccccc1.N#N. The summed E-state index contributed by atoms with van der Waals surface area (Å²) in [6, 6.07) is 10.3. The molecule has 0 aliphatic carbocycles. The van der Waals surface area contributed by atoms with Crippen molar-refractivity contribution in [3.05, 3.63) is 35.9 Å². The van der Waals surface area contributed by atoms with Gasteiger partial charge in [0.25, 0.3) is 0 Å². The van der Waals surface area contributed by atoms with Gasteiger partial charge in [-0.3, -0.25) is 0 Å². The molecule has 9 heavy (non-hydrogen) atoms. The Labute approximate surface area is 54.6 Å². The summed E-state index contributed by atoms with van der Waals surface area (Å²) >= 11 is 0. The maximum absolute atomic E-state index is 6.00. The molecule has 0 aliphatic heterocycles. The van der Waals surface area contributed by atoms with Crippen molar-refractivity contribution in [2.75, 3.05) is 0 Å². The second-order valence-corrected chi connectivity index (χ2v) is 1.65. The second-order valence-electron chi connectivity index (χ2n) is 1.65. The molecule has 0 aliphatic rings. The van der Waals surface area contributed by atoms with Crippen LogP contribution < -0.4 is 0 Å². The predicted octanol–water partition coefficient (Wildman–Crippen LogP) is 2.03. The van der Waals surface area contributed by atoms with Crippen molar-refractivity contribution in [1.29, 1.82) is 10.8 Å². The van der Waals surface area contributed by atoms with Crippen molar-refractivity contribution in [1.82, 2.24) is 0 Å². The van der Waals surface area contributed by atoms with E-state index in [1.807, 2.05) is 18.2 Å². The van der Waals surface area contributed by atoms with Gasteiger partial charge >= 0.3 is 0 Å². The van der Waals surface area contributed by atoms with Gasteiger partial charge in [-0.25, -0.2) is 0 Å². The van der Waals surface area contributed by atoms with E-state index in [1.54, 1.807) is 0 Å². The maximum atomic E-state index is 6.00. The van der Waals surface area contributed by atoms with E-state index in [0.29, 0.717) is 0 Å². The molecule has 0 bridgehead atoms. The molecule has 0 fully saturated rings. The highest BCUT2D eigenvalue weighted by atomic mass is 14.6. The van der Waals surface area contributed by atoms with Gasteiger partial charge in [-0.15, -0.1) is 0 Å². The minimum Gasteiger partial charge on any atom is -0.0622 e. The molecule has 0 N–H and O–H groups in total. The van der Waals surface area contributed by atoms with E-state index < -0.39 is 0 Å². The van der Waals surface area contributed by atoms with Crippen molar-refractivity contribution in [2.24, 2.45) is 0 Å². The van der Waals surface area contributed by atoms with Crippen LogP contribution in [0.25, 0.3) is 0 Å². The number of nitrogens with zero attached hydrogens (tertiary/aromatic N) is 2. The quantitative estimate of drug-likeness (QED) is 0.492. The Morgan fingerprint density at radius 3 is 1.67 bits per heavy atom. The third-order valence-corrected chi connectivity index (χ3v) is 0.940. The summed E-state index contributed by atoms with van der Waals surface area (Å²) in [6.07, 6.45) is 0. The first-order valence-electron chi connectivity index (χ1n) is 2.61. The molecule has 0 saturated heterocycles. The third kappa shape index (κ3) is 3.24. The third-order valence-electron chi connectivity index (χ3n) is 0.940. The summed E-state index contributed by atoms with van der Waals surface area (Å²) in [5.74, 6) is 0. The maximum Gasteiger partial charge on any atom is 0 e. The molecule has 1 aromatic rings. The van der Waals surface area contributed by atoms with Crippen molar-refractivity contribution in [3.8, 4) is 0 Å². The van der Waals surface area contributed by atoms with Gasteiger partial charge in [-0.05, 0) is 6.92 Å². The summed E-state index contributed by atoms with van der Waals surface area (Å²) in [5, 5.41) is 12.0. The van der Waals surface area contributed by atoms with Crippen LogP contribution in [-0.4, -0.2) is 0 Å². The number of hydrogen-bond donors (Lipinski definition) is 0. The highest BCUT2D eigenvalue weighted by molar-refractivity contribution is 5.11. The van der Waals surface area contributed by atoms with Crippen LogP contribution in [0.5, 0.6) is 0 Å². The Kier molecular flexibility index (Phi) is 4.07. The zero-order valence-electron chi connectivity index (χ0n) is 5.28. The standard InChI is InChI=1S/C7H8.N2/c1-7-5-3-2-4-6-7;1-2/h2-6H,1H3;. The Morgan fingerprint density at radius 1 is 1.00 bits per heavy atom. The van der Waals surface area contributed by atoms with E-state index in [4.69, 9.17) is 10.8 Å². The van der Waals surface area contributed by atoms with E-state index in [2.05, 4.69) is 19.1 Å². The Hall–Kier alpha value is -1.36. The normalized spacial score (nSPS) is 7.00. The smallest absolute Gasteiger partial charge is 0 e. The van der Waals surface area contributed by atoms with Gasteiger partial charge in [0, 0.05) is 10.8 Å². The number of hydrogen-bond acceptors (Lipinski definition) is 2. The van der Waals surface area contributed by atoms with Crippen molar-refractivity contribution in [2.45, 2.75) is 6.92 Å². The summed E-state index contributed by atoms with van der Waals surface area (Å²) in [6.45, 7) is 2.08. The summed E-state index contributed by atoms with van der Waals surface area (Å²) in [4.78, 5) is 0. The molecule has 2 nitrogen and oxygen atoms in total. The van der Waals surface area contributed by atoms with Crippen LogP contribution in [0.3, 0.4) is 0 Å². The zero-order valence-corrected chi connectivity index (χ0v) is 5.28. The monoisotopic (exact) mass is 120 g/mol. The van der Waals surface area contributed by atoms with Crippen molar-refractivity contribution in [3.63, 3.8) is 0 Å². The molecule has 1 rings (SSSR count). The molecule has 0 spiro atoms. The van der Waals surface area contributed by atoms with Gasteiger partial charge in [0.05, 0.1) is 0 Å². The lowest BCUT2D eigenvalue weighted by molar-refractivity contribution is 1.15. The fourth-order valence-electron chi connectivity index (χ4n) is 0.534. The van der Waals surface area contributed by atoms with E-state index in [1.165, 1.54) is 5.56 Å². The van der Waals surface area contributed by atoms with E-state index in [-0.39, 0.29) is 0 Å². The lowest BCUT2D eigenvalue weighted by Crippen LogP contribution is -1.62. The first-order valence-corrected chi connectivity index (χ1v) is 2.61. The molecule has 0 aromatic heterocycles. The fourth-order valence-corrected chi connectivity index (χ4v) is 0.534. The number of benzene rings is 1. The average Bonchev–Trinajstić information content (AvgIpc) is 1.94. The highest BCUT2D eigenvalue weighted by Gasteiger charge is 1.72. The molecule has 0 radical (unpaired) electrons. The van der Waals surface area contributed by atoms with E-state index in [9.17, 15) is 0 Å². The summed E-state index contributed by atoms with van der Waals surface area (Å²) in [7, 11) is 0. The predicted molar refractivity (Wildman–Crippen MR) is 34.6 cm³/mol. The highest BCUT2D eigenvalue weighted by Crippen LogP contribution is 1.92. The van der Waals surface area contributed by atoms with Gasteiger partial charge in [0.1, 0.15) is 0 Å². The van der Waals surface area contributed by atoms with Crippen LogP contribution in [-0.2, 0) is 0 Å². The molecule has 1 aromatic carbocycles. The molecule has 2 heteroatoms. The Bertz CT molecular complexity index is 167. The van der Waals surface area contributed by atoms with Crippen LogP contribution in [0.15, 0.2) is 30.3 Å². The molecule has 0 amide bonds. The van der Waals surface area contributed by atoms with Crippen molar-refractivity contribution < 1.29 is 0 Å². The fraction of sp³-hybridized carbons (Fsp3) is 0.143. The summed E-state index contributed by atoms with van der Waals surface area (Å²) in [5.41, 5.74) is 1.32. The molecule has 0 heterocycles. The molecule has 46 valence electrons. The minimum atomic E-state index is 1.32. The molecular formula is C7H8N2. The van der Waals surface area contributed by atoms with E-state index >= 15 is 0 Å². The Morgan fingerprint density at radius 2 is 1.44 bits per heavy atom. The van der Waals surface area contributed by atoms with E-state index in [0.717, 1.165) is 0 Å². The van der Waals surface area contributed by atoms with Gasteiger partial charge in [-0.2, -0.15) is 0 Å². The van der Waals surface area contributed by atoms with Gasteiger partial charge < -0.3 is 0 Å². The van der Waals surface area contributed by atoms with Crippen LogP contribution in [0, 0.1) is 17.7 Å².